The number of anilines is 1. The first kappa shape index (κ1) is 17.2. The lowest BCUT2D eigenvalue weighted by Gasteiger charge is -2.21. The molecule has 0 saturated heterocycles. The number of benzene rings is 1. The zero-order chi connectivity index (χ0) is 16.9. The Morgan fingerprint density at radius 3 is 2.92 bits per heavy atom. The van der Waals surface area contributed by atoms with Crippen molar-refractivity contribution in [1.29, 1.82) is 0 Å². The number of tetrazole rings is 1. The predicted octanol–water partition coefficient (Wildman–Crippen LogP) is 3.87. The summed E-state index contributed by atoms with van der Waals surface area (Å²) in [5.41, 5.74) is 1.68. The van der Waals surface area contributed by atoms with Crippen LogP contribution in [0.25, 0.3) is 0 Å². The number of nitrogens with zero attached hydrogens (tertiary/aromatic N) is 4. The summed E-state index contributed by atoms with van der Waals surface area (Å²) in [5, 5.41) is 16.0. The number of aryl methyl sites for hydroxylation is 1. The molecule has 128 valence electrons. The van der Waals surface area contributed by atoms with Gasteiger partial charge in [-0.15, -0.1) is 5.10 Å². The first-order valence-electron chi connectivity index (χ1n) is 8.10. The Morgan fingerprint density at radius 1 is 1.38 bits per heavy atom. The first-order chi connectivity index (χ1) is 11.6. The smallest absolute Gasteiger partial charge is 0.234 e. The fourth-order valence-electron chi connectivity index (χ4n) is 2.87. The predicted molar refractivity (Wildman–Crippen MR) is 95.5 cm³/mol. The van der Waals surface area contributed by atoms with Crippen LogP contribution in [0.5, 0.6) is 0 Å². The average molecular weight is 366 g/mol. The molecule has 1 fully saturated rings. The van der Waals surface area contributed by atoms with Gasteiger partial charge in [-0.3, -0.25) is 4.79 Å². The summed E-state index contributed by atoms with van der Waals surface area (Å²) in [6, 6.07) is 5.91. The van der Waals surface area contributed by atoms with Crippen LogP contribution in [-0.4, -0.2) is 31.9 Å². The molecule has 2 aromatic rings. The molecule has 0 radical (unpaired) electrons. The summed E-state index contributed by atoms with van der Waals surface area (Å²) in [4.78, 5) is 12.2. The van der Waals surface area contributed by atoms with Gasteiger partial charge in [0.15, 0.2) is 0 Å². The maximum atomic E-state index is 12.2. The van der Waals surface area contributed by atoms with Crippen molar-refractivity contribution in [3.63, 3.8) is 0 Å². The summed E-state index contributed by atoms with van der Waals surface area (Å²) < 4.78 is 1.87. The third-order valence-corrected chi connectivity index (χ3v) is 5.36. The molecule has 1 aromatic carbocycles. The number of nitrogens with one attached hydrogen (secondary N) is 1. The molecule has 0 bridgehead atoms. The van der Waals surface area contributed by atoms with Gasteiger partial charge in [0, 0.05) is 0 Å². The average Bonchev–Trinajstić information content (AvgIpc) is 3.05. The van der Waals surface area contributed by atoms with E-state index in [2.05, 4.69) is 20.8 Å². The molecule has 1 heterocycles. The van der Waals surface area contributed by atoms with E-state index in [0.717, 1.165) is 18.4 Å². The number of amides is 1. The Bertz CT molecular complexity index is 714. The normalized spacial score (nSPS) is 15.4. The molecule has 3 rings (SSSR count). The minimum absolute atomic E-state index is 0.121. The Hall–Kier alpha value is -1.60. The van der Waals surface area contributed by atoms with E-state index in [4.69, 9.17) is 11.6 Å². The summed E-state index contributed by atoms with van der Waals surface area (Å²) in [7, 11) is 0. The molecule has 1 aliphatic carbocycles. The maximum Gasteiger partial charge on any atom is 0.234 e. The topological polar surface area (TPSA) is 72.7 Å². The maximum absolute atomic E-state index is 12.2. The van der Waals surface area contributed by atoms with Gasteiger partial charge in [-0.1, -0.05) is 48.7 Å². The summed E-state index contributed by atoms with van der Waals surface area (Å²) in [6.07, 6.45) is 5.90. The molecule has 0 spiro atoms. The second-order valence-corrected chi connectivity index (χ2v) is 7.37. The van der Waals surface area contributed by atoms with Gasteiger partial charge in [-0.25, -0.2) is 4.68 Å². The minimum atomic E-state index is -0.121. The standard InChI is InChI=1S/C16H20ClN5OS/c1-11-7-8-14(13(17)9-11)18-15(23)10-24-16-19-20-21-22(16)12-5-3-2-4-6-12/h7-9,12H,2-6,10H2,1H3,(H,18,23). The van der Waals surface area contributed by atoms with Crippen molar-refractivity contribution in [2.45, 2.75) is 50.2 Å². The molecule has 6 nitrogen and oxygen atoms in total. The molecule has 8 heteroatoms. The van der Waals surface area contributed by atoms with Gasteiger partial charge in [0.25, 0.3) is 0 Å². The van der Waals surface area contributed by atoms with Gasteiger partial charge in [-0.2, -0.15) is 0 Å². The fourth-order valence-corrected chi connectivity index (χ4v) is 3.90. The Labute approximate surface area is 150 Å². The van der Waals surface area contributed by atoms with E-state index in [1.165, 1.54) is 31.0 Å². The van der Waals surface area contributed by atoms with Gasteiger partial charge in [0.2, 0.25) is 11.1 Å². The van der Waals surface area contributed by atoms with E-state index in [0.29, 0.717) is 21.9 Å². The van der Waals surface area contributed by atoms with Gasteiger partial charge in [0.1, 0.15) is 0 Å². The zero-order valence-corrected chi connectivity index (χ0v) is 15.1. The molecule has 1 N–H and O–H groups in total. The second-order valence-electron chi connectivity index (χ2n) is 6.02. The first-order valence-corrected chi connectivity index (χ1v) is 9.46. The van der Waals surface area contributed by atoms with Gasteiger partial charge in [-0.05, 0) is 47.9 Å². The molecule has 1 saturated carbocycles. The summed E-state index contributed by atoms with van der Waals surface area (Å²) in [5.74, 6) is 0.126. The summed E-state index contributed by atoms with van der Waals surface area (Å²) >= 11 is 7.50. The lowest BCUT2D eigenvalue weighted by molar-refractivity contribution is -0.113. The highest BCUT2D eigenvalue weighted by molar-refractivity contribution is 7.99. The van der Waals surface area contributed by atoms with Crippen molar-refractivity contribution >= 4 is 35.0 Å². The molecule has 24 heavy (non-hydrogen) atoms. The van der Waals surface area contributed by atoms with E-state index in [1.54, 1.807) is 0 Å². The number of rotatable bonds is 5. The fraction of sp³-hybridized carbons (Fsp3) is 0.500. The Balaban J connectivity index is 1.57. The Morgan fingerprint density at radius 2 is 2.17 bits per heavy atom. The second kappa shape index (κ2) is 7.98. The van der Waals surface area contributed by atoms with Gasteiger partial charge in [0.05, 0.1) is 22.5 Å². The molecule has 1 amide bonds. The van der Waals surface area contributed by atoms with Crippen LogP contribution in [0.2, 0.25) is 5.02 Å². The molecular weight excluding hydrogens is 346 g/mol. The van der Waals surface area contributed by atoms with E-state index in [9.17, 15) is 4.79 Å². The third kappa shape index (κ3) is 4.27. The highest BCUT2D eigenvalue weighted by Crippen LogP contribution is 2.30. The van der Waals surface area contributed by atoms with Crippen LogP contribution in [0, 0.1) is 6.92 Å². The number of thioether (sulfide) groups is 1. The lowest BCUT2D eigenvalue weighted by atomic mass is 9.96. The van der Waals surface area contributed by atoms with Crippen molar-refractivity contribution in [3.8, 4) is 0 Å². The molecular formula is C16H20ClN5OS. The molecule has 0 unspecified atom stereocenters. The van der Waals surface area contributed by atoms with Crippen LogP contribution in [0.3, 0.4) is 0 Å². The molecule has 0 aliphatic heterocycles. The quantitative estimate of drug-likeness (QED) is 0.814. The Kier molecular flexibility index (Phi) is 5.73. The van der Waals surface area contributed by atoms with Crippen molar-refractivity contribution in [3.05, 3.63) is 28.8 Å². The lowest BCUT2D eigenvalue weighted by Crippen LogP contribution is -2.17. The van der Waals surface area contributed by atoms with Crippen LogP contribution in [0.1, 0.15) is 43.7 Å². The number of hydrogen-bond acceptors (Lipinski definition) is 5. The van der Waals surface area contributed by atoms with Crippen molar-refractivity contribution in [1.82, 2.24) is 20.2 Å². The van der Waals surface area contributed by atoms with E-state index < -0.39 is 0 Å². The van der Waals surface area contributed by atoms with Crippen LogP contribution in [0.4, 0.5) is 5.69 Å². The highest BCUT2D eigenvalue weighted by Gasteiger charge is 2.20. The van der Waals surface area contributed by atoms with Crippen molar-refractivity contribution < 1.29 is 4.79 Å². The minimum Gasteiger partial charge on any atom is -0.324 e. The van der Waals surface area contributed by atoms with E-state index in [-0.39, 0.29) is 11.7 Å². The van der Waals surface area contributed by atoms with E-state index in [1.807, 2.05) is 29.8 Å². The molecule has 1 aliphatic rings. The van der Waals surface area contributed by atoms with E-state index >= 15 is 0 Å². The number of hydrogen-bond donors (Lipinski definition) is 1. The van der Waals surface area contributed by atoms with Crippen LogP contribution >= 0.6 is 23.4 Å². The largest absolute Gasteiger partial charge is 0.324 e. The third-order valence-electron chi connectivity index (χ3n) is 4.11. The van der Waals surface area contributed by atoms with Crippen LogP contribution in [0.15, 0.2) is 23.4 Å². The number of aromatic nitrogens is 4. The number of halogens is 1. The van der Waals surface area contributed by atoms with Crippen LogP contribution in [-0.2, 0) is 4.79 Å². The SMILES string of the molecule is Cc1ccc(NC(=O)CSc2nnnn2C2CCCCC2)c(Cl)c1. The zero-order valence-electron chi connectivity index (χ0n) is 13.5. The van der Waals surface area contributed by atoms with Crippen molar-refractivity contribution in [2.24, 2.45) is 0 Å². The highest BCUT2D eigenvalue weighted by atomic mass is 35.5. The van der Waals surface area contributed by atoms with Crippen molar-refractivity contribution in [2.75, 3.05) is 11.1 Å². The number of carbonyl (C=O) groups excluding carboxylic acids is 1. The van der Waals surface area contributed by atoms with Gasteiger partial charge >= 0.3 is 0 Å². The monoisotopic (exact) mass is 365 g/mol. The summed E-state index contributed by atoms with van der Waals surface area (Å²) in [6.45, 7) is 1.96. The molecule has 0 atom stereocenters. The molecule has 1 aromatic heterocycles. The van der Waals surface area contributed by atoms with Crippen LogP contribution < -0.4 is 5.32 Å². The number of carbonyl (C=O) groups is 1. The van der Waals surface area contributed by atoms with Gasteiger partial charge < -0.3 is 5.32 Å².